The van der Waals surface area contributed by atoms with Crippen LogP contribution in [0.15, 0.2) is 37.3 Å². The molecule has 3 N–H and O–H groups in total. The molecule has 132 valence electrons. The van der Waals surface area contributed by atoms with Crippen molar-refractivity contribution in [3.8, 4) is 0 Å². The molecule has 1 aliphatic heterocycles. The van der Waals surface area contributed by atoms with E-state index in [0.717, 1.165) is 36.3 Å². The minimum atomic E-state index is -0.223. The van der Waals surface area contributed by atoms with Gasteiger partial charge in [0.2, 0.25) is 5.91 Å². The van der Waals surface area contributed by atoms with Crippen molar-refractivity contribution in [3.63, 3.8) is 0 Å². The molecule has 3 rings (SSSR count). The molecule has 1 amide bonds. The number of carbonyl (C=O) groups excluding carboxylic acids is 1. The minimum Gasteiger partial charge on any atom is -0.369 e. The third kappa shape index (κ3) is 4.24. The number of nitrogens with two attached hydrogens (primary N) is 1. The van der Waals surface area contributed by atoms with E-state index in [4.69, 9.17) is 5.73 Å². The van der Waals surface area contributed by atoms with Crippen LogP contribution in [0.25, 0.3) is 6.20 Å². The quantitative estimate of drug-likeness (QED) is 0.795. The van der Waals surface area contributed by atoms with Crippen molar-refractivity contribution in [2.24, 2.45) is 11.7 Å². The number of hydrogen-bond donors (Lipinski definition) is 2. The summed E-state index contributed by atoms with van der Waals surface area (Å²) < 4.78 is 1.68. The summed E-state index contributed by atoms with van der Waals surface area (Å²) in [5.74, 6) is 0.614. The first kappa shape index (κ1) is 17.2. The van der Waals surface area contributed by atoms with Crippen LogP contribution < -0.4 is 16.0 Å². The lowest BCUT2D eigenvalue weighted by molar-refractivity contribution is -0.122. The summed E-state index contributed by atoms with van der Waals surface area (Å²) in [6, 6.07) is 4.00. The van der Waals surface area contributed by atoms with E-state index < -0.39 is 0 Å². The topological polar surface area (TPSA) is 89.1 Å². The summed E-state index contributed by atoms with van der Waals surface area (Å²) >= 11 is 0. The first-order chi connectivity index (χ1) is 12.2. The van der Waals surface area contributed by atoms with Crippen LogP contribution in [0.1, 0.15) is 24.0 Å². The van der Waals surface area contributed by atoms with E-state index in [2.05, 4.69) is 32.9 Å². The van der Waals surface area contributed by atoms with Gasteiger partial charge in [-0.05, 0) is 18.9 Å². The molecule has 0 saturated carbocycles. The van der Waals surface area contributed by atoms with Crippen molar-refractivity contribution in [1.82, 2.24) is 20.1 Å². The van der Waals surface area contributed by atoms with E-state index in [1.807, 2.05) is 18.5 Å². The van der Waals surface area contributed by atoms with E-state index >= 15 is 0 Å². The predicted molar refractivity (Wildman–Crippen MR) is 97.5 cm³/mol. The number of nitrogens with one attached hydrogen (secondary N) is 1. The molecule has 0 bridgehead atoms. The van der Waals surface area contributed by atoms with Gasteiger partial charge in [-0.25, -0.2) is 9.67 Å². The highest BCUT2D eigenvalue weighted by molar-refractivity contribution is 5.77. The predicted octanol–water partition coefficient (Wildman–Crippen LogP) is 1.37. The molecule has 1 atom stereocenters. The number of pyridine rings is 1. The Kier molecular flexibility index (Phi) is 5.45. The zero-order valence-corrected chi connectivity index (χ0v) is 14.3. The summed E-state index contributed by atoms with van der Waals surface area (Å²) in [5, 5.41) is 7.59. The summed E-state index contributed by atoms with van der Waals surface area (Å²) in [5.41, 5.74) is 7.70. The number of anilines is 1. The first-order valence-electron chi connectivity index (χ1n) is 8.52. The third-order valence-corrected chi connectivity index (χ3v) is 4.48. The van der Waals surface area contributed by atoms with Crippen LogP contribution >= 0.6 is 0 Å². The lowest BCUT2D eigenvalue weighted by atomic mass is 9.97. The Balaban J connectivity index is 1.64. The van der Waals surface area contributed by atoms with Crippen LogP contribution in [0.5, 0.6) is 0 Å². The lowest BCUT2D eigenvalue weighted by Crippen LogP contribution is -2.42. The molecule has 0 spiro atoms. The fourth-order valence-electron chi connectivity index (χ4n) is 3.16. The fraction of sp³-hybridized carbons (Fsp3) is 0.389. The Morgan fingerprint density at radius 3 is 3.12 bits per heavy atom. The second kappa shape index (κ2) is 7.94. The van der Waals surface area contributed by atoms with E-state index in [-0.39, 0.29) is 11.8 Å². The number of aromatic nitrogens is 3. The molecule has 3 heterocycles. The highest BCUT2D eigenvalue weighted by Crippen LogP contribution is 2.24. The molecule has 2 aromatic heterocycles. The SMILES string of the molecule is C=Cn1cc(CNCc2cccnc2N2CCC[C@H](C(N)=O)C2)cn1. The molecule has 25 heavy (non-hydrogen) atoms. The van der Waals surface area contributed by atoms with Crippen LogP contribution in [-0.4, -0.2) is 33.8 Å². The minimum absolute atomic E-state index is 0.0960. The van der Waals surface area contributed by atoms with E-state index in [9.17, 15) is 4.79 Å². The standard InChI is InChI=1S/C18H24N6O/c1-2-24-12-14(10-22-24)9-20-11-15-5-3-7-21-18(15)23-8-4-6-16(13-23)17(19)25/h2-3,5,7,10,12,16,20H,1,4,6,8-9,11,13H2,(H2,19,25)/t16-/m0/s1. The number of piperidine rings is 1. The Morgan fingerprint density at radius 1 is 1.48 bits per heavy atom. The van der Waals surface area contributed by atoms with Gasteiger partial charge in [-0.3, -0.25) is 4.79 Å². The molecular formula is C18H24N6O. The summed E-state index contributed by atoms with van der Waals surface area (Å²) in [6.07, 6.45) is 9.03. The van der Waals surface area contributed by atoms with Gasteiger partial charge in [-0.1, -0.05) is 12.6 Å². The van der Waals surface area contributed by atoms with Gasteiger partial charge in [-0.15, -0.1) is 0 Å². The Bertz CT molecular complexity index is 741. The van der Waals surface area contributed by atoms with E-state index in [1.54, 1.807) is 17.1 Å². The van der Waals surface area contributed by atoms with E-state index in [0.29, 0.717) is 19.6 Å². The van der Waals surface area contributed by atoms with Gasteiger partial charge in [0.25, 0.3) is 0 Å². The monoisotopic (exact) mass is 340 g/mol. The van der Waals surface area contributed by atoms with Crippen molar-refractivity contribution in [3.05, 3.63) is 48.4 Å². The summed E-state index contributed by atoms with van der Waals surface area (Å²) in [7, 11) is 0. The molecule has 7 nitrogen and oxygen atoms in total. The summed E-state index contributed by atoms with van der Waals surface area (Å²) in [4.78, 5) is 18.2. The highest BCUT2D eigenvalue weighted by atomic mass is 16.1. The van der Waals surface area contributed by atoms with Crippen molar-refractivity contribution in [2.45, 2.75) is 25.9 Å². The molecule has 7 heteroatoms. The van der Waals surface area contributed by atoms with Crippen LogP contribution in [0, 0.1) is 5.92 Å². The molecule has 0 unspecified atom stereocenters. The number of nitrogens with zero attached hydrogens (tertiary/aromatic N) is 4. The smallest absolute Gasteiger partial charge is 0.222 e. The van der Waals surface area contributed by atoms with E-state index in [1.165, 1.54) is 0 Å². The van der Waals surface area contributed by atoms with Gasteiger partial charge in [0.1, 0.15) is 5.82 Å². The summed E-state index contributed by atoms with van der Waals surface area (Å²) in [6.45, 7) is 6.64. The van der Waals surface area contributed by atoms with Crippen LogP contribution in [0.3, 0.4) is 0 Å². The number of rotatable bonds is 7. The molecule has 0 aromatic carbocycles. The van der Waals surface area contributed by atoms with Crippen LogP contribution in [-0.2, 0) is 17.9 Å². The van der Waals surface area contributed by atoms with Gasteiger partial charge in [0.05, 0.1) is 12.1 Å². The number of primary amides is 1. The zero-order valence-electron chi connectivity index (χ0n) is 14.3. The normalized spacial score (nSPS) is 17.4. The Labute approximate surface area is 147 Å². The van der Waals surface area contributed by atoms with Crippen LogP contribution in [0.2, 0.25) is 0 Å². The van der Waals surface area contributed by atoms with Gasteiger partial charge < -0.3 is 16.0 Å². The molecular weight excluding hydrogens is 316 g/mol. The molecule has 1 fully saturated rings. The number of hydrogen-bond acceptors (Lipinski definition) is 5. The number of amides is 1. The molecule has 0 aliphatic carbocycles. The fourth-order valence-corrected chi connectivity index (χ4v) is 3.16. The van der Waals surface area contributed by atoms with Crippen molar-refractivity contribution < 1.29 is 4.79 Å². The zero-order chi connectivity index (χ0) is 17.6. The number of carbonyl (C=O) groups is 1. The second-order valence-corrected chi connectivity index (χ2v) is 6.29. The second-order valence-electron chi connectivity index (χ2n) is 6.29. The van der Waals surface area contributed by atoms with Crippen molar-refractivity contribution >= 4 is 17.9 Å². The van der Waals surface area contributed by atoms with Crippen LogP contribution in [0.4, 0.5) is 5.82 Å². The lowest BCUT2D eigenvalue weighted by Gasteiger charge is -2.33. The van der Waals surface area contributed by atoms with Gasteiger partial charge in [0, 0.05) is 55.9 Å². The Hall–Kier alpha value is -2.67. The molecule has 2 aromatic rings. The average molecular weight is 340 g/mol. The van der Waals surface area contributed by atoms with Gasteiger partial charge in [-0.2, -0.15) is 5.10 Å². The maximum Gasteiger partial charge on any atom is 0.222 e. The van der Waals surface area contributed by atoms with Gasteiger partial charge >= 0.3 is 0 Å². The Morgan fingerprint density at radius 2 is 2.36 bits per heavy atom. The molecule has 1 aliphatic rings. The van der Waals surface area contributed by atoms with Crippen molar-refractivity contribution in [1.29, 1.82) is 0 Å². The molecule has 0 radical (unpaired) electrons. The van der Waals surface area contributed by atoms with Crippen molar-refractivity contribution in [2.75, 3.05) is 18.0 Å². The average Bonchev–Trinajstić information content (AvgIpc) is 3.10. The largest absolute Gasteiger partial charge is 0.369 e. The molecule has 1 saturated heterocycles. The van der Waals surface area contributed by atoms with Gasteiger partial charge in [0.15, 0.2) is 0 Å². The highest BCUT2D eigenvalue weighted by Gasteiger charge is 2.25. The first-order valence-corrected chi connectivity index (χ1v) is 8.52. The maximum atomic E-state index is 11.5. The maximum absolute atomic E-state index is 11.5. The third-order valence-electron chi connectivity index (χ3n) is 4.48.